The number of esters is 1. The number of halogens is 1. The number of amides is 1. The number of pyridine rings is 1. The van der Waals surface area contributed by atoms with Gasteiger partial charge in [-0.25, -0.2) is 9.78 Å². The van der Waals surface area contributed by atoms with Crippen LogP contribution in [0.5, 0.6) is 5.75 Å². The first-order valence-corrected chi connectivity index (χ1v) is 7.84. The number of rotatable bonds is 5. The highest BCUT2D eigenvalue weighted by molar-refractivity contribution is 6.33. The van der Waals surface area contributed by atoms with Crippen molar-refractivity contribution in [1.82, 2.24) is 4.98 Å². The van der Waals surface area contributed by atoms with E-state index in [1.165, 1.54) is 6.20 Å². The van der Waals surface area contributed by atoms with Crippen LogP contribution in [-0.4, -0.2) is 30.1 Å². The summed E-state index contributed by atoms with van der Waals surface area (Å²) >= 11 is 5.88. The highest BCUT2D eigenvalue weighted by atomic mass is 35.5. The Morgan fingerprint density at radius 3 is 2.96 bits per heavy atom. The fourth-order valence-electron chi connectivity index (χ4n) is 2.35. The summed E-state index contributed by atoms with van der Waals surface area (Å²) in [5.41, 5.74) is 1.93. The predicted octanol–water partition coefficient (Wildman–Crippen LogP) is 2.86. The number of hydrogen-bond acceptors (Lipinski definition) is 5. The zero-order valence-corrected chi connectivity index (χ0v) is 13.5. The summed E-state index contributed by atoms with van der Waals surface area (Å²) < 4.78 is 10.7. The third kappa shape index (κ3) is 3.83. The number of fused-ring (bicyclic) bond motifs is 1. The maximum Gasteiger partial charge on any atom is 0.358 e. The molecule has 2 heterocycles. The minimum atomic E-state index is -0.586. The lowest BCUT2D eigenvalue weighted by molar-refractivity contribution is -0.116. The smallest absolute Gasteiger partial charge is 0.358 e. The van der Waals surface area contributed by atoms with Crippen molar-refractivity contribution in [1.29, 1.82) is 0 Å². The quantitative estimate of drug-likeness (QED) is 0.665. The van der Waals surface area contributed by atoms with Crippen LogP contribution in [0.1, 0.15) is 22.5 Å². The zero-order chi connectivity index (χ0) is 16.9. The Hall–Kier alpha value is -2.60. The molecule has 3 rings (SSSR count). The van der Waals surface area contributed by atoms with Crippen molar-refractivity contribution in [3.8, 4) is 5.75 Å². The second kappa shape index (κ2) is 7.31. The van der Waals surface area contributed by atoms with Crippen LogP contribution in [0.2, 0.25) is 5.02 Å². The van der Waals surface area contributed by atoms with E-state index in [0.717, 1.165) is 11.3 Å². The maximum atomic E-state index is 11.8. The lowest BCUT2D eigenvalue weighted by Gasteiger charge is -2.17. The number of benzene rings is 1. The Bertz CT molecular complexity index is 779. The average Bonchev–Trinajstić information content (AvgIpc) is 2.59. The van der Waals surface area contributed by atoms with Gasteiger partial charge in [0.2, 0.25) is 5.91 Å². The molecule has 1 amide bonds. The van der Waals surface area contributed by atoms with Crippen molar-refractivity contribution in [3.63, 3.8) is 0 Å². The fraction of sp³-hybridized carbons (Fsp3) is 0.235. The SMILES string of the molecule is O=C1CCc2cc(OCCOC(=O)c3ncccc3Cl)ccc2N1. The molecule has 124 valence electrons. The van der Waals surface area contributed by atoms with Crippen LogP contribution >= 0.6 is 11.6 Å². The first-order chi connectivity index (χ1) is 11.6. The van der Waals surface area contributed by atoms with Gasteiger partial charge >= 0.3 is 5.97 Å². The van der Waals surface area contributed by atoms with Crippen molar-refractivity contribution >= 4 is 29.2 Å². The molecule has 1 aliphatic heterocycles. The Labute approximate surface area is 143 Å². The van der Waals surface area contributed by atoms with Crippen LogP contribution in [0, 0.1) is 0 Å². The molecule has 1 aromatic heterocycles. The first kappa shape index (κ1) is 16.3. The predicted molar refractivity (Wildman–Crippen MR) is 88.4 cm³/mol. The molecule has 0 fully saturated rings. The van der Waals surface area contributed by atoms with E-state index in [0.29, 0.717) is 18.6 Å². The normalized spacial score (nSPS) is 13.0. The van der Waals surface area contributed by atoms with Crippen molar-refractivity contribution < 1.29 is 19.1 Å². The summed E-state index contributed by atoms with van der Waals surface area (Å²) in [6.45, 7) is 0.293. The molecule has 0 spiro atoms. The Kier molecular flexibility index (Phi) is 4.96. The number of nitrogens with one attached hydrogen (secondary N) is 1. The van der Waals surface area contributed by atoms with Crippen LogP contribution < -0.4 is 10.1 Å². The van der Waals surface area contributed by atoms with Gasteiger partial charge < -0.3 is 14.8 Å². The Morgan fingerprint density at radius 1 is 1.25 bits per heavy atom. The summed E-state index contributed by atoms with van der Waals surface area (Å²) in [5, 5.41) is 3.06. The van der Waals surface area contributed by atoms with Gasteiger partial charge in [0.15, 0.2) is 5.69 Å². The number of nitrogens with zero attached hydrogens (tertiary/aromatic N) is 1. The number of aromatic nitrogens is 1. The molecule has 24 heavy (non-hydrogen) atoms. The van der Waals surface area contributed by atoms with Gasteiger partial charge in [-0.3, -0.25) is 4.79 Å². The molecule has 0 saturated heterocycles. The number of aryl methyl sites for hydroxylation is 1. The van der Waals surface area contributed by atoms with Crippen molar-refractivity contribution in [2.45, 2.75) is 12.8 Å². The molecule has 6 nitrogen and oxygen atoms in total. The minimum Gasteiger partial charge on any atom is -0.490 e. The summed E-state index contributed by atoms with van der Waals surface area (Å²) in [4.78, 5) is 27.0. The van der Waals surface area contributed by atoms with Crippen LogP contribution in [0.4, 0.5) is 5.69 Å². The lowest BCUT2D eigenvalue weighted by atomic mass is 10.0. The summed E-state index contributed by atoms with van der Waals surface area (Å²) in [5.74, 6) is 0.102. The number of anilines is 1. The summed E-state index contributed by atoms with van der Waals surface area (Å²) in [7, 11) is 0. The topological polar surface area (TPSA) is 77.5 Å². The number of ether oxygens (including phenoxy) is 2. The molecule has 1 aromatic carbocycles. The van der Waals surface area contributed by atoms with Gasteiger partial charge in [-0.05, 0) is 42.3 Å². The Morgan fingerprint density at radius 2 is 2.12 bits per heavy atom. The number of carbonyl (C=O) groups is 2. The van der Waals surface area contributed by atoms with E-state index in [9.17, 15) is 9.59 Å². The van der Waals surface area contributed by atoms with E-state index in [1.807, 2.05) is 6.07 Å². The average molecular weight is 347 g/mol. The molecule has 7 heteroatoms. The van der Waals surface area contributed by atoms with E-state index in [2.05, 4.69) is 10.3 Å². The largest absolute Gasteiger partial charge is 0.490 e. The summed E-state index contributed by atoms with van der Waals surface area (Å²) in [6, 6.07) is 8.67. The van der Waals surface area contributed by atoms with E-state index in [-0.39, 0.29) is 29.8 Å². The zero-order valence-electron chi connectivity index (χ0n) is 12.8. The third-order valence-corrected chi connectivity index (χ3v) is 3.81. The Balaban J connectivity index is 1.49. The molecule has 0 saturated carbocycles. The minimum absolute atomic E-state index is 0.0243. The van der Waals surface area contributed by atoms with Crippen molar-refractivity contribution in [2.24, 2.45) is 0 Å². The van der Waals surface area contributed by atoms with E-state index in [1.54, 1.807) is 24.3 Å². The van der Waals surface area contributed by atoms with Crippen molar-refractivity contribution in [2.75, 3.05) is 18.5 Å². The van der Waals surface area contributed by atoms with Gasteiger partial charge in [0, 0.05) is 18.3 Å². The van der Waals surface area contributed by atoms with Gasteiger partial charge in [-0.15, -0.1) is 0 Å². The number of hydrogen-bond donors (Lipinski definition) is 1. The van der Waals surface area contributed by atoms with Crippen molar-refractivity contribution in [3.05, 3.63) is 52.8 Å². The van der Waals surface area contributed by atoms with Crippen LogP contribution in [-0.2, 0) is 16.0 Å². The maximum absolute atomic E-state index is 11.8. The number of carbonyl (C=O) groups excluding carboxylic acids is 2. The lowest BCUT2D eigenvalue weighted by Crippen LogP contribution is -2.19. The van der Waals surface area contributed by atoms with Crippen LogP contribution in [0.25, 0.3) is 0 Å². The second-order valence-electron chi connectivity index (χ2n) is 5.19. The van der Waals surface area contributed by atoms with Crippen LogP contribution in [0.15, 0.2) is 36.5 Å². The van der Waals surface area contributed by atoms with E-state index >= 15 is 0 Å². The van der Waals surface area contributed by atoms with Gasteiger partial charge in [-0.1, -0.05) is 11.6 Å². The molecule has 0 aliphatic carbocycles. The molecule has 0 bridgehead atoms. The second-order valence-corrected chi connectivity index (χ2v) is 5.59. The molecule has 2 aromatic rings. The van der Waals surface area contributed by atoms with Gasteiger partial charge in [0.25, 0.3) is 0 Å². The standard InChI is InChI=1S/C17H15ClN2O4/c18-13-2-1-7-19-16(13)17(22)24-9-8-23-12-4-5-14-11(10-12)3-6-15(21)20-14/h1-2,4-5,7,10H,3,6,8-9H2,(H,20,21). The molecule has 1 N–H and O–H groups in total. The van der Waals surface area contributed by atoms with E-state index in [4.69, 9.17) is 21.1 Å². The third-order valence-electron chi connectivity index (χ3n) is 3.51. The van der Waals surface area contributed by atoms with Gasteiger partial charge in [-0.2, -0.15) is 0 Å². The summed E-state index contributed by atoms with van der Waals surface area (Å²) in [6.07, 6.45) is 2.63. The monoisotopic (exact) mass is 346 g/mol. The van der Waals surface area contributed by atoms with E-state index < -0.39 is 5.97 Å². The highest BCUT2D eigenvalue weighted by Gasteiger charge is 2.15. The molecular formula is C17H15ClN2O4. The van der Waals surface area contributed by atoms with Crippen LogP contribution in [0.3, 0.4) is 0 Å². The first-order valence-electron chi connectivity index (χ1n) is 7.47. The molecule has 1 aliphatic rings. The highest BCUT2D eigenvalue weighted by Crippen LogP contribution is 2.26. The molecule has 0 unspecified atom stereocenters. The molecule has 0 atom stereocenters. The van der Waals surface area contributed by atoms with Gasteiger partial charge in [0.05, 0.1) is 5.02 Å². The molecular weight excluding hydrogens is 332 g/mol. The molecule has 0 radical (unpaired) electrons. The van der Waals surface area contributed by atoms with Gasteiger partial charge in [0.1, 0.15) is 19.0 Å². The fourth-order valence-corrected chi connectivity index (χ4v) is 2.55.